The number of thioether (sulfide) groups is 1. The van der Waals surface area contributed by atoms with Gasteiger partial charge in [-0.1, -0.05) is 18.2 Å². The predicted molar refractivity (Wildman–Crippen MR) is 76.9 cm³/mol. The van der Waals surface area contributed by atoms with E-state index in [4.69, 9.17) is 9.52 Å². The Balaban J connectivity index is 1.75. The molecule has 1 amide bonds. The first-order chi connectivity index (χ1) is 9.65. The van der Waals surface area contributed by atoms with Gasteiger partial charge in [-0.15, -0.1) is 11.8 Å². The highest BCUT2D eigenvalue weighted by atomic mass is 32.2. The second kappa shape index (κ2) is 6.81. The second-order valence-corrected chi connectivity index (χ2v) is 4.96. The molecule has 0 atom stereocenters. The fourth-order valence-corrected chi connectivity index (χ4v) is 2.25. The van der Waals surface area contributed by atoms with Crippen LogP contribution in [-0.2, 0) is 10.5 Å². The smallest absolute Gasteiger partial charge is 0.371 e. The van der Waals surface area contributed by atoms with Gasteiger partial charge < -0.3 is 14.8 Å². The molecule has 0 bridgehead atoms. The Morgan fingerprint density at radius 1 is 1.15 bits per heavy atom. The van der Waals surface area contributed by atoms with E-state index in [0.29, 0.717) is 11.5 Å². The summed E-state index contributed by atoms with van der Waals surface area (Å²) < 4.78 is 5.09. The fourth-order valence-electron chi connectivity index (χ4n) is 1.53. The lowest BCUT2D eigenvalue weighted by molar-refractivity contribution is -0.113. The number of carbonyl (C=O) groups excluding carboxylic acids is 1. The van der Waals surface area contributed by atoms with Crippen molar-refractivity contribution in [1.29, 1.82) is 0 Å². The Labute approximate surface area is 120 Å². The molecule has 0 saturated heterocycles. The van der Waals surface area contributed by atoms with Crippen LogP contribution in [0.3, 0.4) is 0 Å². The summed E-state index contributed by atoms with van der Waals surface area (Å²) in [6.45, 7) is 0. The molecule has 0 saturated carbocycles. The number of amides is 1. The third-order valence-electron chi connectivity index (χ3n) is 2.41. The molecular weight excluding hydrogens is 278 g/mol. The average Bonchev–Trinajstić information content (AvgIpc) is 2.89. The summed E-state index contributed by atoms with van der Waals surface area (Å²) in [6, 6.07) is 12.2. The van der Waals surface area contributed by atoms with Gasteiger partial charge in [-0.3, -0.25) is 4.79 Å². The van der Waals surface area contributed by atoms with Crippen molar-refractivity contribution in [3.63, 3.8) is 0 Å². The summed E-state index contributed by atoms with van der Waals surface area (Å²) in [5.41, 5.74) is 0.754. The van der Waals surface area contributed by atoms with Gasteiger partial charge in [0.05, 0.1) is 11.5 Å². The Hall–Kier alpha value is -2.21. The highest BCUT2D eigenvalue weighted by molar-refractivity contribution is 7.99. The van der Waals surface area contributed by atoms with E-state index in [9.17, 15) is 9.59 Å². The third-order valence-corrected chi connectivity index (χ3v) is 3.36. The lowest BCUT2D eigenvalue weighted by Gasteiger charge is -2.03. The largest absolute Gasteiger partial charge is 0.475 e. The maximum absolute atomic E-state index is 11.7. The van der Waals surface area contributed by atoms with E-state index in [1.165, 1.54) is 17.8 Å². The number of benzene rings is 1. The summed E-state index contributed by atoms with van der Waals surface area (Å²) >= 11 is 1.36. The summed E-state index contributed by atoms with van der Waals surface area (Å²) in [6.07, 6.45) is 0. The van der Waals surface area contributed by atoms with Crippen LogP contribution in [-0.4, -0.2) is 22.7 Å². The molecule has 2 aromatic rings. The second-order valence-electron chi connectivity index (χ2n) is 3.98. The van der Waals surface area contributed by atoms with Crippen molar-refractivity contribution in [2.24, 2.45) is 0 Å². The number of aromatic carboxylic acids is 1. The van der Waals surface area contributed by atoms with Crippen molar-refractivity contribution in [2.45, 2.75) is 5.75 Å². The Morgan fingerprint density at radius 3 is 2.55 bits per heavy atom. The highest BCUT2D eigenvalue weighted by Crippen LogP contribution is 2.16. The van der Waals surface area contributed by atoms with E-state index in [-0.39, 0.29) is 17.4 Å². The minimum absolute atomic E-state index is 0.0886. The molecule has 0 radical (unpaired) electrons. The van der Waals surface area contributed by atoms with Gasteiger partial charge in [0.15, 0.2) is 0 Å². The van der Waals surface area contributed by atoms with Crippen molar-refractivity contribution >= 4 is 29.3 Å². The maximum atomic E-state index is 11.7. The number of nitrogens with one attached hydrogen (secondary N) is 1. The zero-order valence-electron chi connectivity index (χ0n) is 10.5. The Bertz CT molecular complexity index is 594. The molecule has 6 heteroatoms. The molecular formula is C14H13NO4S. The monoisotopic (exact) mass is 291 g/mol. The number of para-hydroxylation sites is 1. The first-order valence-electron chi connectivity index (χ1n) is 5.90. The number of carbonyl (C=O) groups is 2. The molecule has 104 valence electrons. The molecule has 0 aliphatic heterocycles. The average molecular weight is 291 g/mol. The van der Waals surface area contributed by atoms with E-state index in [0.717, 1.165) is 5.69 Å². The van der Waals surface area contributed by atoms with Gasteiger partial charge in [0, 0.05) is 5.69 Å². The van der Waals surface area contributed by atoms with Crippen LogP contribution >= 0.6 is 11.8 Å². The number of rotatable bonds is 6. The van der Waals surface area contributed by atoms with Crippen molar-refractivity contribution < 1.29 is 19.1 Å². The summed E-state index contributed by atoms with van der Waals surface area (Å²) in [4.78, 5) is 22.3. The van der Waals surface area contributed by atoms with E-state index in [1.54, 1.807) is 6.07 Å². The van der Waals surface area contributed by atoms with Gasteiger partial charge in [-0.2, -0.15) is 0 Å². The van der Waals surface area contributed by atoms with Crippen LogP contribution in [0.25, 0.3) is 0 Å². The van der Waals surface area contributed by atoms with Gasteiger partial charge in [0.2, 0.25) is 11.7 Å². The number of carboxylic acid groups (broad SMARTS) is 1. The Kier molecular flexibility index (Phi) is 4.84. The van der Waals surface area contributed by atoms with Gasteiger partial charge >= 0.3 is 5.97 Å². The number of carboxylic acids is 1. The van der Waals surface area contributed by atoms with E-state index in [2.05, 4.69) is 5.32 Å². The molecule has 0 spiro atoms. The van der Waals surface area contributed by atoms with Gasteiger partial charge in [-0.05, 0) is 24.3 Å². The number of anilines is 1. The summed E-state index contributed by atoms with van der Waals surface area (Å²) in [5, 5.41) is 11.5. The lowest BCUT2D eigenvalue weighted by Crippen LogP contribution is -2.13. The fraction of sp³-hybridized carbons (Fsp3) is 0.143. The normalized spacial score (nSPS) is 10.2. The molecule has 1 aromatic carbocycles. The van der Waals surface area contributed by atoms with Crippen molar-refractivity contribution in [3.8, 4) is 0 Å². The molecule has 20 heavy (non-hydrogen) atoms. The zero-order valence-corrected chi connectivity index (χ0v) is 11.4. The van der Waals surface area contributed by atoms with E-state index >= 15 is 0 Å². The highest BCUT2D eigenvalue weighted by Gasteiger charge is 2.09. The maximum Gasteiger partial charge on any atom is 0.371 e. The molecule has 1 aromatic heterocycles. The molecule has 0 unspecified atom stereocenters. The van der Waals surface area contributed by atoms with E-state index < -0.39 is 5.97 Å². The lowest BCUT2D eigenvalue weighted by atomic mass is 10.3. The van der Waals surface area contributed by atoms with Crippen LogP contribution in [0.4, 0.5) is 5.69 Å². The topological polar surface area (TPSA) is 79.5 Å². The van der Waals surface area contributed by atoms with Gasteiger partial charge in [0.25, 0.3) is 0 Å². The van der Waals surface area contributed by atoms with Crippen molar-refractivity contribution in [1.82, 2.24) is 0 Å². The first kappa shape index (κ1) is 14.2. The van der Waals surface area contributed by atoms with Gasteiger partial charge in [-0.25, -0.2) is 4.79 Å². The van der Waals surface area contributed by atoms with Crippen LogP contribution in [0.15, 0.2) is 46.9 Å². The minimum atomic E-state index is -1.09. The minimum Gasteiger partial charge on any atom is -0.475 e. The predicted octanol–water partition coefficient (Wildman–Crippen LogP) is 2.85. The SMILES string of the molecule is O=C(CSCc1ccc(C(=O)O)o1)Nc1ccccc1. The standard InChI is InChI=1S/C14H13NO4S/c16-13(15-10-4-2-1-3-5-10)9-20-8-11-6-7-12(19-11)14(17)18/h1-7H,8-9H2,(H,15,16)(H,17,18). The number of furan rings is 1. The van der Waals surface area contributed by atoms with Crippen LogP contribution in [0.2, 0.25) is 0 Å². The third kappa shape index (κ3) is 4.17. The van der Waals surface area contributed by atoms with Crippen molar-refractivity contribution in [3.05, 3.63) is 54.0 Å². The molecule has 0 aliphatic rings. The van der Waals surface area contributed by atoms with Crippen LogP contribution < -0.4 is 5.32 Å². The van der Waals surface area contributed by atoms with Crippen LogP contribution in [0, 0.1) is 0 Å². The molecule has 5 nitrogen and oxygen atoms in total. The molecule has 2 rings (SSSR count). The number of hydrogen-bond donors (Lipinski definition) is 2. The molecule has 1 heterocycles. The quantitative estimate of drug-likeness (QED) is 0.855. The molecule has 0 aliphatic carbocycles. The Morgan fingerprint density at radius 2 is 1.90 bits per heavy atom. The van der Waals surface area contributed by atoms with E-state index in [1.807, 2.05) is 30.3 Å². The zero-order chi connectivity index (χ0) is 14.4. The van der Waals surface area contributed by atoms with Crippen molar-refractivity contribution in [2.75, 3.05) is 11.1 Å². The number of hydrogen-bond acceptors (Lipinski definition) is 4. The summed E-state index contributed by atoms with van der Waals surface area (Å²) in [7, 11) is 0. The summed E-state index contributed by atoms with van der Waals surface area (Å²) in [5.74, 6) is -0.0171. The first-order valence-corrected chi connectivity index (χ1v) is 7.05. The molecule has 2 N–H and O–H groups in total. The van der Waals surface area contributed by atoms with Crippen LogP contribution in [0.1, 0.15) is 16.3 Å². The molecule has 0 fully saturated rings. The van der Waals surface area contributed by atoms with Crippen LogP contribution in [0.5, 0.6) is 0 Å². The van der Waals surface area contributed by atoms with Gasteiger partial charge in [0.1, 0.15) is 5.76 Å².